The van der Waals surface area contributed by atoms with Gasteiger partial charge in [0.25, 0.3) is 0 Å². The third-order valence-electron chi connectivity index (χ3n) is 2.96. The van der Waals surface area contributed by atoms with E-state index in [1.54, 1.807) is 0 Å². The minimum Gasteiger partial charge on any atom is -0.316 e. The van der Waals surface area contributed by atoms with Crippen LogP contribution in [0.15, 0.2) is 18.2 Å². The predicted octanol–water partition coefficient (Wildman–Crippen LogP) is 2.80. The molecule has 1 saturated heterocycles. The van der Waals surface area contributed by atoms with Crippen LogP contribution in [0.4, 0.5) is 0 Å². The molecular formula is C12H16ClN. The highest BCUT2D eigenvalue weighted by molar-refractivity contribution is 6.31. The van der Waals surface area contributed by atoms with Crippen molar-refractivity contribution in [3.63, 3.8) is 0 Å². The zero-order valence-electron chi connectivity index (χ0n) is 8.73. The molecule has 1 aromatic rings. The van der Waals surface area contributed by atoms with Crippen molar-refractivity contribution >= 4 is 11.6 Å². The van der Waals surface area contributed by atoms with Crippen LogP contribution in [-0.4, -0.2) is 13.1 Å². The van der Waals surface area contributed by atoms with Crippen LogP contribution in [0.1, 0.15) is 18.1 Å². The molecule has 0 aromatic heterocycles. The average molecular weight is 210 g/mol. The third-order valence-corrected chi connectivity index (χ3v) is 3.38. The molecule has 0 amide bonds. The molecule has 0 saturated carbocycles. The van der Waals surface area contributed by atoms with Crippen molar-refractivity contribution < 1.29 is 0 Å². The summed E-state index contributed by atoms with van der Waals surface area (Å²) < 4.78 is 0. The van der Waals surface area contributed by atoms with Crippen molar-refractivity contribution in [2.45, 2.75) is 20.3 Å². The molecule has 0 spiro atoms. The van der Waals surface area contributed by atoms with E-state index < -0.39 is 0 Å². The third kappa shape index (κ3) is 1.94. The first kappa shape index (κ1) is 10.0. The van der Waals surface area contributed by atoms with E-state index in [0.29, 0.717) is 5.41 Å². The fraction of sp³-hybridized carbons (Fsp3) is 0.500. The Hall–Kier alpha value is -0.530. The molecule has 0 bridgehead atoms. The summed E-state index contributed by atoms with van der Waals surface area (Å²) in [5.74, 6) is 0. The highest BCUT2D eigenvalue weighted by Gasteiger charge is 2.31. The smallest absolute Gasteiger partial charge is 0.0435 e. The molecule has 2 heteroatoms. The highest BCUT2D eigenvalue weighted by Crippen LogP contribution is 2.28. The molecule has 1 aliphatic rings. The van der Waals surface area contributed by atoms with Gasteiger partial charge in [0.05, 0.1) is 0 Å². The molecule has 1 nitrogen and oxygen atoms in total. The standard InChI is InChI=1S/C12H16ClN/c1-9-5-10(3-4-11(9)13)6-12(2)7-14-8-12/h3-5,14H,6-8H2,1-2H3. The van der Waals surface area contributed by atoms with Crippen LogP contribution in [0.5, 0.6) is 0 Å². The van der Waals surface area contributed by atoms with Gasteiger partial charge in [-0.2, -0.15) is 0 Å². The van der Waals surface area contributed by atoms with Crippen molar-refractivity contribution in [3.8, 4) is 0 Å². The molecule has 1 aromatic carbocycles. The van der Waals surface area contributed by atoms with Crippen molar-refractivity contribution in [1.82, 2.24) is 5.32 Å². The second-order valence-electron chi connectivity index (χ2n) is 4.67. The summed E-state index contributed by atoms with van der Waals surface area (Å²) in [4.78, 5) is 0. The van der Waals surface area contributed by atoms with E-state index in [1.807, 2.05) is 6.07 Å². The number of nitrogens with one attached hydrogen (secondary N) is 1. The molecular weight excluding hydrogens is 194 g/mol. The quantitative estimate of drug-likeness (QED) is 0.790. The average Bonchev–Trinajstić information content (AvgIpc) is 2.09. The Kier molecular flexibility index (Phi) is 2.54. The predicted molar refractivity (Wildman–Crippen MR) is 60.9 cm³/mol. The largest absolute Gasteiger partial charge is 0.316 e. The lowest BCUT2D eigenvalue weighted by Gasteiger charge is -2.39. The van der Waals surface area contributed by atoms with E-state index in [1.165, 1.54) is 11.1 Å². The highest BCUT2D eigenvalue weighted by atomic mass is 35.5. The topological polar surface area (TPSA) is 12.0 Å². The Morgan fingerprint density at radius 1 is 1.43 bits per heavy atom. The fourth-order valence-electron chi connectivity index (χ4n) is 1.99. The van der Waals surface area contributed by atoms with Gasteiger partial charge in [0.2, 0.25) is 0 Å². The lowest BCUT2D eigenvalue weighted by molar-refractivity contribution is 0.195. The molecule has 0 radical (unpaired) electrons. The zero-order valence-corrected chi connectivity index (χ0v) is 9.49. The van der Waals surface area contributed by atoms with Gasteiger partial charge in [0.15, 0.2) is 0 Å². The normalized spacial score (nSPS) is 19.1. The van der Waals surface area contributed by atoms with E-state index in [-0.39, 0.29) is 0 Å². The first-order chi connectivity index (χ1) is 6.59. The van der Waals surface area contributed by atoms with E-state index in [4.69, 9.17) is 11.6 Å². The van der Waals surface area contributed by atoms with Crippen LogP contribution in [0, 0.1) is 12.3 Å². The maximum atomic E-state index is 5.99. The summed E-state index contributed by atoms with van der Waals surface area (Å²) in [5.41, 5.74) is 3.04. The van der Waals surface area contributed by atoms with Crippen LogP contribution in [0.3, 0.4) is 0 Å². The maximum absolute atomic E-state index is 5.99. The lowest BCUT2D eigenvalue weighted by atomic mass is 9.78. The van der Waals surface area contributed by atoms with Gasteiger partial charge >= 0.3 is 0 Å². The summed E-state index contributed by atoms with van der Waals surface area (Å²) in [7, 11) is 0. The van der Waals surface area contributed by atoms with Gasteiger partial charge < -0.3 is 5.32 Å². The van der Waals surface area contributed by atoms with Gasteiger partial charge in [0.1, 0.15) is 0 Å². The molecule has 14 heavy (non-hydrogen) atoms. The van der Waals surface area contributed by atoms with Crippen molar-refractivity contribution in [2.24, 2.45) is 5.41 Å². The zero-order chi connectivity index (χ0) is 10.2. The molecule has 1 fully saturated rings. The molecule has 0 aliphatic carbocycles. The number of rotatable bonds is 2. The Morgan fingerprint density at radius 2 is 2.14 bits per heavy atom. The Labute approximate surface area is 90.5 Å². The summed E-state index contributed by atoms with van der Waals surface area (Å²) in [6.07, 6.45) is 1.15. The minimum absolute atomic E-state index is 0.459. The van der Waals surface area contributed by atoms with Crippen LogP contribution >= 0.6 is 11.6 Å². The van der Waals surface area contributed by atoms with E-state index in [2.05, 4.69) is 31.3 Å². The van der Waals surface area contributed by atoms with Gasteiger partial charge in [-0.25, -0.2) is 0 Å². The summed E-state index contributed by atoms with van der Waals surface area (Å²) >= 11 is 5.99. The van der Waals surface area contributed by atoms with Crippen molar-refractivity contribution in [1.29, 1.82) is 0 Å². The van der Waals surface area contributed by atoms with Gasteiger partial charge in [-0.05, 0) is 36.0 Å². The van der Waals surface area contributed by atoms with Gasteiger partial charge in [-0.15, -0.1) is 0 Å². The van der Waals surface area contributed by atoms with E-state index >= 15 is 0 Å². The molecule has 0 unspecified atom stereocenters. The van der Waals surface area contributed by atoms with E-state index in [9.17, 15) is 0 Å². The van der Waals surface area contributed by atoms with Gasteiger partial charge in [-0.3, -0.25) is 0 Å². The maximum Gasteiger partial charge on any atom is 0.0435 e. The van der Waals surface area contributed by atoms with Crippen LogP contribution < -0.4 is 5.32 Å². The first-order valence-electron chi connectivity index (χ1n) is 5.05. The lowest BCUT2D eigenvalue weighted by Crippen LogP contribution is -2.52. The van der Waals surface area contributed by atoms with Crippen LogP contribution in [0.2, 0.25) is 5.02 Å². The molecule has 1 N–H and O–H groups in total. The second kappa shape index (κ2) is 3.56. The molecule has 0 atom stereocenters. The Balaban J connectivity index is 2.13. The second-order valence-corrected chi connectivity index (χ2v) is 5.08. The van der Waals surface area contributed by atoms with Crippen LogP contribution in [-0.2, 0) is 6.42 Å². The van der Waals surface area contributed by atoms with Gasteiger partial charge in [0, 0.05) is 18.1 Å². The number of hydrogen-bond acceptors (Lipinski definition) is 1. The Morgan fingerprint density at radius 3 is 2.64 bits per heavy atom. The van der Waals surface area contributed by atoms with Gasteiger partial charge in [-0.1, -0.05) is 30.7 Å². The summed E-state index contributed by atoms with van der Waals surface area (Å²) in [6, 6.07) is 6.34. The van der Waals surface area contributed by atoms with Crippen LogP contribution in [0.25, 0.3) is 0 Å². The number of hydrogen-bond donors (Lipinski definition) is 1. The molecule has 1 aliphatic heterocycles. The Bertz CT molecular complexity index is 342. The number of benzene rings is 1. The SMILES string of the molecule is Cc1cc(CC2(C)CNC2)ccc1Cl. The van der Waals surface area contributed by atoms with E-state index in [0.717, 1.165) is 24.5 Å². The molecule has 1 heterocycles. The first-order valence-corrected chi connectivity index (χ1v) is 5.43. The van der Waals surface area contributed by atoms with Crippen molar-refractivity contribution in [2.75, 3.05) is 13.1 Å². The number of aryl methyl sites for hydroxylation is 1. The molecule has 76 valence electrons. The fourth-order valence-corrected chi connectivity index (χ4v) is 2.10. The number of halogens is 1. The monoisotopic (exact) mass is 209 g/mol. The summed E-state index contributed by atoms with van der Waals surface area (Å²) in [6.45, 7) is 6.66. The molecule has 2 rings (SSSR count). The van der Waals surface area contributed by atoms with Crippen molar-refractivity contribution in [3.05, 3.63) is 34.3 Å². The summed E-state index contributed by atoms with van der Waals surface area (Å²) in [5, 5.41) is 4.19. The minimum atomic E-state index is 0.459.